The van der Waals surface area contributed by atoms with E-state index in [-0.39, 0.29) is 0 Å². The fourth-order valence-corrected chi connectivity index (χ4v) is 2.11. The molecule has 0 nitrogen and oxygen atoms in total. The molecule has 2 aromatic carbocycles. The van der Waals surface area contributed by atoms with E-state index in [0.29, 0.717) is 0 Å². The summed E-state index contributed by atoms with van der Waals surface area (Å²) in [4.78, 5) is 0. The van der Waals surface area contributed by atoms with E-state index in [1.807, 2.05) is 0 Å². The van der Waals surface area contributed by atoms with Gasteiger partial charge in [-0.15, -0.1) is 0 Å². The number of rotatable bonds is 3. The van der Waals surface area contributed by atoms with Gasteiger partial charge in [0.2, 0.25) is 0 Å². The Morgan fingerprint density at radius 1 is 1.07 bits per heavy atom. The van der Waals surface area contributed by atoms with Crippen LogP contribution in [0.25, 0.3) is 10.8 Å². The minimum atomic E-state index is 1.13. The Morgan fingerprint density at radius 2 is 1.80 bits per heavy atom. The van der Waals surface area contributed by atoms with Crippen LogP contribution in [0.1, 0.15) is 12.0 Å². The third-order valence-electron chi connectivity index (χ3n) is 2.55. The third kappa shape index (κ3) is 2.85. The molecule has 0 saturated heterocycles. The van der Waals surface area contributed by atoms with E-state index in [1.54, 1.807) is 0 Å². The monoisotopic (exact) mass is 302 g/mol. The van der Waals surface area contributed by atoms with Gasteiger partial charge in [-0.3, -0.25) is 0 Å². The molecule has 2 radical (unpaired) electrons. The van der Waals surface area contributed by atoms with Crippen molar-refractivity contribution in [1.82, 2.24) is 0 Å². The van der Waals surface area contributed by atoms with E-state index >= 15 is 0 Å². The zero-order chi connectivity index (χ0) is 10.7. The quantitative estimate of drug-likeness (QED) is 0.764. The first-order valence-electron chi connectivity index (χ1n) is 5.16. The van der Waals surface area contributed by atoms with Crippen molar-refractivity contribution in [3.63, 3.8) is 0 Å². The zero-order valence-corrected chi connectivity index (χ0v) is 12.0. The maximum atomic E-state index is 3.99. The molecule has 2 aromatic rings. The predicted octanol–water partition coefficient (Wildman–Crippen LogP) is 3.19. The van der Waals surface area contributed by atoms with Gasteiger partial charge in [0.1, 0.15) is 0 Å². The van der Waals surface area contributed by atoms with Crippen molar-refractivity contribution in [1.29, 1.82) is 0 Å². The fraction of sp³-hybridized carbons (Fsp3) is 0.143. The average molecular weight is 301 g/mol. The minimum absolute atomic E-state index is 1.13. The van der Waals surface area contributed by atoms with Crippen molar-refractivity contribution in [3.8, 4) is 0 Å². The molecule has 2 rings (SSSR count). The summed E-state index contributed by atoms with van der Waals surface area (Å²) in [5.41, 5.74) is 1.42. The molecule has 0 fully saturated rings. The van der Waals surface area contributed by atoms with Gasteiger partial charge < -0.3 is 0 Å². The van der Waals surface area contributed by atoms with E-state index in [0.717, 1.165) is 12.8 Å². The number of fused-ring (bicyclic) bond motifs is 1. The molecule has 0 aliphatic carbocycles. The Morgan fingerprint density at radius 3 is 2.53 bits per heavy atom. The molecule has 0 heterocycles. The van der Waals surface area contributed by atoms with Gasteiger partial charge in [-0.1, -0.05) is 0 Å². The van der Waals surface area contributed by atoms with Crippen molar-refractivity contribution in [3.05, 3.63) is 58.2 Å². The Labute approximate surface area is 104 Å². The van der Waals surface area contributed by atoms with Crippen molar-refractivity contribution in [2.24, 2.45) is 0 Å². The summed E-state index contributed by atoms with van der Waals surface area (Å²) in [6, 6.07) is 15.2. The van der Waals surface area contributed by atoms with E-state index in [1.165, 1.54) is 42.4 Å². The van der Waals surface area contributed by atoms with E-state index in [2.05, 4.69) is 49.0 Å². The van der Waals surface area contributed by atoms with Crippen molar-refractivity contribution < 1.29 is 0 Å². The molecular formula is C14H14Sn. The second-order valence-corrected chi connectivity index (χ2v) is 6.17. The molecule has 0 N–H and O–H groups in total. The van der Waals surface area contributed by atoms with Crippen LogP contribution in [0.3, 0.4) is 0 Å². The Hall–Kier alpha value is -0.761. The Kier molecular flexibility index (Phi) is 3.47. The van der Waals surface area contributed by atoms with Crippen LogP contribution in [-0.2, 0) is 6.42 Å². The second kappa shape index (κ2) is 4.84. The van der Waals surface area contributed by atoms with Crippen LogP contribution in [0.15, 0.2) is 52.6 Å². The average Bonchev–Trinajstić information content (AvgIpc) is 2.26. The summed E-state index contributed by atoms with van der Waals surface area (Å²) in [5, 5.41) is 2.67. The first kappa shape index (κ1) is 10.7. The number of benzene rings is 2. The molecule has 0 atom stereocenters. The first-order chi connectivity index (χ1) is 7.25. The van der Waals surface area contributed by atoms with Crippen molar-refractivity contribution >= 4 is 33.3 Å². The van der Waals surface area contributed by atoms with Gasteiger partial charge in [-0.05, 0) is 0 Å². The number of hydrogen-bond donors (Lipinski definition) is 0. The van der Waals surface area contributed by atoms with Gasteiger partial charge in [0.05, 0.1) is 0 Å². The van der Waals surface area contributed by atoms with Gasteiger partial charge in [0.15, 0.2) is 0 Å². The summed E-state index contributed by atoms with van der Waals surface area (Å²) < 4.78 is 1.38. The molecule has 0 amide bonds. The summed E-state index contributed by atoms with van der Waals surface area (Å²) in [5.74, 6) is 0. The molecule has 0 bridgehead atoms. The number of hydrogen-bond acceptors (Lipinski definition) is 0. The third-order valence-corrected chi connectivity index (χ3v) is 3.37. The van der Waals surface area contributed by atoms with Gasteiger partial charge in [-0.2, -0.15) is 0 Å². The van der Waals surface area contributed by atoms with Gasteiger partial charge in [0.25, 0.3) is 0 Å². The van der Waals surface area contributed by atoms with Gasteiger partial charge in [0, 0.05) is 0 Å². The SMILES string of the molecule is C=[C]([SnH])CCc1ccc2ccccc2c1. The molecule has 0 aromatic heterocycles. The van der Waals surface area contributed by atoms with Crippen molar-refractivity contribution in [2.45, 2.75) is 12.8 Å². The summed E-state index contributed by atoms with van der Waals surface area (Å²) in [7, 11) is 0. The number of aryl methyl sites for hydroxylation is 1. The first-order valence-corrected chi connectivity index (χ1v) is 6.81. The van der Waals surface area contributed by atoms with Crippen LogP contribution < -0.4 is 0 Å². The summed E-state index contributed by atoms with van der Waals surface area (Å²) >= 11 is 1.18. The van der Waals surface area contributed by atoms with Crippen LogP contribution >= 0.6 is 0 Å². The molecule has 0 aliphatic heterocycles. The zero-order valence-electron chi connectivity index (χ0n) is 8.74. The molecule has 0 unspecified atom stereocenters. The normalized spacial score (nSPS) is 10.5. The number of allylic oxidation sites excluding steroid dienone is 1. The molecule has 0 spiro atoms. The Bertz CT molecular complexity index is 485. The van der Waals surface area contributed by atoms with Crippen LogP contribution in [0.4, 0.5) is 0 Å². The van der Waals surface area contributed by atoms with Crippen molar-refractivity contribution in [2.75, 3.05) is 0 Å². The van der Waals surface area contributed by atoms with E-state index in [9.17, 15) is 0 Å². The molecule has 0 aliphatic rings. The maximum absolute atomic E-state index is 3.99. The molecule has 74 valence electrons. The molecular weight excluding hydrogens is 287 g/mol. The van der Waals surface area contributed by atoms with Gasteiger partial charge in [-0.25, -0.2) is 0 Å². The van der Waals surface area contributed by atoms with Gasteiger partial charge >= 0.3 is 104 Å². The topological polar surface area (TPSA) is 0 Å². The van der Waals surface area contributed by atoms with Crippen LogP contribution in [0, 0.1) is 0 Å². The summed E-state index contributed by atoms with van der Waals surface area (Å²) in [6.07, 6.45) is 2.27. The predicted molar refractivity (Wildman–Crippen MR) is 68.6 cm³/mol. The summed E-state index contributed by atoms with van der Waals surface area (Å²) in [6.45, 7) is 3.99. The molecule has 15 heavy (non-hydrogen) atoms. The fourth-order valence-electron chi connectivity index (χ4n) is 1.70. The molecule has 1 heteroatoms. The van der Waals surface area contributed by atoms with Crippen LogP contribution in [-0.4, -0.2) is 22.5 Å². The van der Waals surface area contributed by atoms with Crippen LogP contribution in [0.5, 0.6) is 0 Å². The van der Waals surface area contributed by atoms with E-state index in [4.69, 9.17) is 0 Å². The van der Waals surface area contributed by atoms with Crippen LogP contribution in [0.2, 0.25) is 0 Å². The standard InChI is InChI=1S/C14H13.Sn.H/c1-2-3-6-12-9-10-13-7-4-5-8-14(13)11-12;;/h4-5,7-11H,1,3,6H2;;. The molecule has 0 saturated carbocycles. The van der Waals surface area contributed by atoms with E-state index < -0.39 is 0 Å². The Balaban J connectivity index is 2.26. The second-order valence-electron chi connectivity index (χ2n) is 3.84.